The van der Waals surface area contributed by atoms with Crippen molar-refractivity contribution in [2.75, 3.05) is 53.7 Å². The first kappa shape index (κ1) is 33.7. The average Bonchev–Trinajstić information content (AvgIpc) is 3.03. The number of benzene rings is 2. The molecule has 0 bridgehead atoms. The highest BCUT2D eigenvalue weighted by atomic mass is 19.1. The molecule has 2 N–H and O–H groups in total. The Bertz CT molecular complexity index is 1270. The minimum absolute atomic E-state index is 0.00418. The van der Waals surface area contributed by atoms with Crippen LogP contribution in [0.3, 0.4) is 0 Å². The van der Waals surface area contributed by atoms with E-state index in [4.69, 9.17) is 18.9 Å². The molecule has 0 aromatic heterocycles. The third kappa shape index (κ3) is 8.08. The van der Waals surface area contributed by atoms with E-state index >= 15 is 4.39 Å². The summed E-state index contributed by atoms with van der Waals surface area (Å²) in [6.45, 7) is 9.72. The van der Waals surface area contributed by atoms with Crippen LogP contribution in [-0.2, 0) is 15.9 Å². The largest absolute Gasteiger partial charge is 0.494 e. The molecule has 2 saturated heterocycles. The van der Waals surface area contributed by atoms with Gasteiger partial charge in [0.2, 0.25) is 0 Å². The van der Waals surface area contributed by atoms with Gasteiger partial charge < -0.3 is 34.5 Å². The molecule has 2 aliphatic heterocycles. The van der Waals surface area contributed by atoms with Gasteiger partial charge in [-0.25, -0.2) is 4.39 Å². The van der Waals surface area contributed by atoms with E-state index < -0.39 is 5.82 Å². The van der Waals surface area contributed by atoms with E-state index in [0.29, 0.717) is 56.1 Å². The van der Waals surface area contributed by atoms with Gasteiger partial charge in [0, 0.05) is 80.3 Å². The standard InChI is InChI=1S/C34H48FN3O6/c1-6-23-17-28(29-18-24(19-31(42-5)32(29)35)33(39)37-25-10-15-43-16-11-25)30(44-14-8-13-41-4)20-27(23)34(40)38(22(2)3)26-9-7-12-36-21-26/h17-20,22,25-26,36H,6-16,21H2,1-5H3,(H,37,39). The number of carbonyl (C=O) groups is 2. The zero-order valence-electron chi connectivity index (χ0n) is 26.8. The molecule has 4 rings (SSSR count). The summed E-state index contributed by atoms with van der Waals surface area (Å²) in [5.74, 6) is -0.652. The van der Waals surface area contributed by atoms with Crippen LogP contribution in [0, 0.1) is 5.82 Å². The van der Waals surface area contributed by atoms with E-state index in [1.54, 1.807) is 19.2 Å². The maximum atomic E-state index is 16.0. The lowest BCUT2D eigenvalue weighted by molar-refractivity contribution is 0.0571. The number of piperidine rings is 1. The molecule has 2 heterocycles. The fraction of sp³-hybridized carbons (Fsp3) is 0.588. The Morgan fingerprint density at radius 3 is 2.48 bits per heavy atom. The van der Waals surface area contributed by atoms with Crippen LogP contribution < -0.4 is 20.1 Å². The molecule has 9 nitrogen and oxygen atoms in total. The van der Waals surface area contributed by atoms with Gasteiger partial charge in [0.1, 0.15) is 5.75 Å². The number of halogens is 1. The summed E-state index contributed by atoms with van der Waals surface area (Å²) in [5, 5.41) is 6.47. The fourth-order valence-electron chi connectivity index (χ4n) is 6.05. The van der Waals surface area contributed by atoms with E-state index in [1.165, 1.54) is 13.2 Å². The SMILES string of the molecule is CCc1cc(-c2cc(C(=O)NC3CCOCC3)cc(OC)c2F)c(OCCCOC)cc1C(=O)N(C(C)C)C1CCCNC1. The Kier molecular flexibility index (Phi) is 12.4. The molecule has 1 unspecified atom stereocenters. The zero-order chi connectivity index (χ0) is 31.6. The second-order valence-electron chi connectivity index (χ2n) is 11.8. The van der Waals surface area contributed by atoms with E-state index in [-0.39, 0.29) is 46.8 Å². The zero-order valence-corrected chi connectivity index (χ0v) is 26.8. The maximum absolute atomic E-state index is 16.0. The van der Waals surface area contributed by atoms with Crippen molar-refractivity contribution in [1.82, 2.24) is 15.5 Å². The third-order valence-corrected chi connectivity index (χ3v) is 8.39. The Hall–Kier alpha value is -3.21. The van der Waals surface area contributed by atoms with Gasteiger partial charge in [-0.3, -0.25) is 9.59 Å². The number of amides is 2. The van der Waals surface area contributed by atoms with Gasteiger partial charge in [0.15, 0.2) is 11.6 Å². The predicted molar refractivity (Wildman–Crippen MR) is 168 cm³/mol. The molecular formula is C34H48FN3O6. The first-order chi connectivity index (χ1) is 21.3. The molecular weight excluding hydrogens is 565 g/mol. The highest BCUT2D eigenvalue weighted by molar-refractivity contribution is 5.99. The van der Waals surface area contributed by atoms with Crippen molar-refractivity contribution in [2.45, 2.75) is 77.4 Å². The lowest BCUT2D eigenvalue weighted by atomic mass is 9.93. The van der Waals surface area contributed by atoms with Crippen molar-refractivity contribution in [2.24, 2.45) is 0 Å². The number of carbonyl (C=O) groups excluding carboxylic acids is 2. The minimum Gasteiger partial charge on any atom is -0.494 e. The number of nitrogens with zero attached hydrogens (tertiary/aromatic N) is 1. The molecule has 10 heteroatoms. The number of nitrogens with one attached hydrogen (secondary N) is 2. The number of hydrogen-bond acceptors (Lipinski definition) is 7. The minimum atomic E-state index is -0.602. The summed E-state index contributed by atoms with van der Waals surface area (Å²) in [4.78, 5) is 29.5. The van der Waals surface area contributed by atoms with Gasteiger partial charge >= 0.3 is 0 Å². The van der Waals surface area contributed by atoms with Crippen LogP contribution in [0.4, 0.5) is 4.39 Å². The first-order valence-corrected chi connectivity index (χ1v) is 15.9. The average molecular weight is 614 g/mol. The van der Waals surface area contributed by atoms with Crippen molar-refractivity contribution in [1.29, 1.82) is 0 Å². The molecule has 44 heavy (non-hydrogen) atoms. The number of methoxy groups -OCH3 is 2. The lowest BCUT2D eigenvalue weighted by Gasteiger charge is -2.38. The maximum Gasteiger partial charge on any atom is 0.254 e. The van der Waals surface area contributed by atoms with Crippen molar-refractivity contribution >= 4 is 11.8 Å². The summed E-state index contributed by atoms with van der Waals surface area (Å²) in [6, 6.07) is 6.60. The normalized spacial score (nSPS) is 17.4. The number of ether oxygens (including phenoxy) is 4. The summed E-state index contributed by atoms with van der Waals surface area (Å²) >= 11 is 0. The number of hydrogen-bond donors (Lipinski definition) is 2. The van der Waals surface area contributed by atoms with Crippen molar-refractivity contribution in [3.8, 4) is 22.6 Å². The molecule has 0 aliphatic carbocycles. The van der Waals surface area contributed by atoms with Crippen molar-refractivity contribution in [3.63, 3.8) is 0 Å². The van der Waals surface area contributed by atoms with Gasteiger partial charge in [0.25, 0.3) is 11.8 Å². The molecule has 0 radical (unpaired) electrons. The Morgan fingerprint density at radius 1 is 1.07 bits per heavy atom. The molecule has 2 aliphatic rings. The first-order valence-electron chi connectivity index (χ1n) is 15.9. The number of aryl methyl sites for hydroxylation is 1. The van der Waals surface area contributed by atoms with E-state index in [2.05, 4.69) is 10.6 Å². The monoisotopic (exact) mass is 613 g/mol. The van der Waals surface area contributed by atoms with Gasteiger partial charge in [-0.15, -0.1) is 0 Å². The van der Waals surface area contributed by atoms with Crippen LogP contribution in [0.15, 0.2) is 24.3 Å². The van der Waals surface area contributed by atoms with E-state index in [0.717, 1.165) is 44.3 Å². The second-order valence-corrected chi connectivity index (χ2v) is 11.8. The molecule has 2 aromatic rings. The number of rotatable bonds is 13. The molecule has 2 amide bonds. The third-order valence-electron chi connectivity index (χ3n) is 8.39. The topological polar surface area (TPSA) is 98.4 Å². The van der Waals surface area contributed by atoms with E-state index in [9.17, 15) is 9.59 Å². The molecule has 242 valence electrons. The van der Waals surface area contributed by atoms with Crippen LogP contribution in [0.5, 0.6) is 11.5 Å². The van der Waals surface area contributed by atoms with Crippen LogP contribution in [0.2, 0.25) is 0 Å². The van der Waals surface area contributed by atoms with Gasteiger partial charge in [-0.1, -0.05) is 6.92 Å². The van der Waals surface area contributed by atoms with E-state index in [1.807, 2.05) is 31.7 Å². The quantitative estimate of drug-likeness (QED) is 0.307. The second kappa shape index (κ2) is 16.2. The van der Waals surface area contributed by atoms with Crippen molar-refractivity contribution in [3.05, 3.63) is 46.8 Å². The van der Waals surface area contributed by atoms with Gasteiger partial charge in [-0.2, -0.15) is 0 Å². The van der Waals surface area contributed by atoms with Crippen molar-refractivity contribution < 1.29 is 32.9 Å². The predicted octanol–water partition coefficient (Wildman–Crippen LogP) is 4.99. The molecule has 2 aromatic carbocycles. The molecule has 0 saturated carbocycles. The van der Waals surface area contributed by atoms with Crippen LogP contribution in [-0.4, -0.2) is 88.6 Å². The smallest absolute Gasteiger partial charge is 0.254 e. The summed E-state index contributed by atoms with van der Waals surface area (Å²) in [7, 11) is 3.00. The van der Waals surface area contributed by atoms with Gasteiger partial charge in [-0.05, 0) is 82.3 Å². The van der Waals surface area contributed by atoms with Crippen LogP contribution >= 0.6 is 0 Å². The van der Waals surface area contributed by atoms with Crippen LogP contribution in [0.25, 0.3) is 11.1 Å². The Balaban J connectivity index is 1.79. The fourth-order valence-corrected chi connectivity index (χ4v) is 6.05. The lowest BCUT2D eigenvalue weighted by Crippen LogP contribution is -2.51. The molecule has 1 atom stereocenters. The molecule has 2 fully saturated rings. The summed E-state index contributed by atoms with van der Waals surface area (Å²) < 4.78 is 38.3. The molecule has 0 spiro atoms. The highest BCUT2D eigenvalue weighted by Crippen LogP contribution is 2.39. The Morgan fingerprint density at radius 2 is 1.84 bits per heavy atom. The van der Waals surface area contributed by atoms with Gasteiger partial charge in [0.05, 0.1) is 13.7 Å². The Labute approximate surface area is 260 Å². The summed E-state index contributed by atoms with van der Waals surface area (Å²) in [6.07, 6.45) is 4.54. The summed E-state index contributed by atoms with van der Waals surface area (Å²) in [5.41, 5.74) is 2.23. The van der Waals surface area contributed by atoms with Crippen LogP contribution in [0.1, 0.15) is 79.2 Å². The highest BCUT2D eigenvalue weighted by Gasteiger charge is 2.31.